The molecule has 0 saturated heterocycles. The lowest BCUT2D eigenvalue weighted by atomic mass is 9.90. The Morgan fingerprint density at radius 2 is 1.79 bits per heavy atom. The number of halogens is 1. The number of nitrogens with one attached hydrogen (secondary N) is 1. The van der Waals surface area contributed by atoms with Gasteiger partial charge in [0.05, 0.1) is 22.4 Å². The van der Waals surface area contributed by atoms with Gasteiger partial charge in [0.25, 0.3) is 5.69 Å². The predicted molar refractivity (Wildman–Crippen MR) is 101 cm³/mol. The predicted octanol–water partition coefficient (Wildman–Crippen LogP) is 4.65. The summed E-state index contributed by atoms with van der Waals surface area (Å²) in [6.07, 6.45) is -3.11. The Balaban J connectivity index is 2.64. The zero-order chi connectivity index (χ0) is 21.9. The highest BCUT2D eigenvalue weighted by molar-refractivity contribution is 6.33. The zero-order valence-corrected chi connectivity index (χ0v) is 16.8. The minimum absolute atomic E-state index is 0.0557. The van der Waals surface area contributed by atoms with E-state index in [-0.39, 0.29) is 22.1 Å². The number of nitro benzene ring substituents is 1. The molecule has 1 aromatic carbocycles. The highest BCUT2D eigenvalue weighted by atomic mass is 35.5. The van der Waals surface area contributed by atoms with Crippen LogP contribution in [0.5, 0.6) is 0 Å². The molecule has 0 radical (unpaired) electrons. The summed E-state index contributed by atoms with van der Waals surface area (Å²) in [5.41, 5.74) is 0.400. The van der Waals surface area contributed by atoms with Gasteiger partial charge in [-0.1, -0.05) is 23.7 Å². The third kappa shape index (κ3) is 4.96. The van der Waals surface area contributed by atoms with Gasteiger partial charge < -0.3 is 24.6 Å². The van der Waals surface area contributed by atoms with Crippen molar-refractivity contribution in [3.63, 3.8) is 0 Å². The molecule has 2 rings (SSSR count). The molecule has 0 saturated carbocycles. The minimum Gasteiger partial charge on any atom is -0.449 e. The van der Waals surface area contributed by atoms with Crippen LogP contribution in [0.1, 0.15) is 39.2 Å². The van der Waals surface area contributed by atoms with Crippen molar-refractivity contribution in [2.24, 2.45) is 0 Å². The number of hydrogen-bond donors (Lipinski definition) is 2. The fourth-order valence-electron chi connectivity index (χ4n) is 2.81. The Bertz CT molecular complexity index is 922. The molecule has 2 N–H and O–H groups in total. The number of carbonyl (C=O) groups is 2. The fourth-order valence-corrected chi connectivity index (χ4v) is 3.12. The SMILES string of the molecule is CC1=C(OC(=O)O)C(c2cccc([N+](=O)[O-])c2Cl)C(OC(=O)OC(C)C)=C(C)N1. The lowest BCUT2D eigenvalue weighted by molar-refractivity contribution is -0.384. The third-order valence-electron chi connectivity index (χ3n) is 3.88. The van der Waals surface area contributed by atoms with Gasteiger partial charge in [0.1, 0.15) is 22.5 Å². The normalized spacial score (nSPS) is 16.4. The highest BCUT2D eigenvalue weighted by Gasteiger charge is 2.38. The standard InChI is InChI=1S/C18H19ClN2O8/c1-8(2)27-18(24)29-16-10(4)20-9(3)15(28-17(22)23)13(16)11-6-5-7-12(14(11)19)21(25)26/h5-8,13,20H,1-4H3,(H,22,23). The van der Waals surface area contributed by atoms with Crippen LogP contribution in [-0.4, -0.2) is 28.4 Å². The second-order valence-corrected chi connectivity index (χ2v) is 6.74. The van der Waals surface area contributed by atoms with E-state index < -0.39 is 34.9 Å². The summed E-state index contributed by atoms with van der Waals surface area (Å²) < 4.78 is 15.2. The first-order valence-corrected chi connectivity index (χ1v) is 8.81. The number of dihydropyridines is 1. The van der Waals surface area contributed by atoms with E-state index in [1.807, 2.05) is 0 Å². The maximum atomic E-state index is 12.1. The van der Waals surface area contributed by atoms with E-state index >= 15 is 0 Å². The number of nitro groups is 1. The van der Waals surface area contributed by atoms with E-state index in [0.717, 1.165) is 0 Å². The van der Waals surface area contributed by atoms with Crippen molar-refractivity contribution in [3.05, 3.63) is 61.8 Å². The van der Waals surface area contributed by atoms with Crippen molar-refractivity contribution in [1.82, 2.24) is 5.32 Å². The van der Waals surface area contributed by atoms with Crippen molar-refractivity contribution < 1.29 is 33.8 Å². The molecule has 29 heavy (non-hydrogen) atoms. The molecule has 1 aliphatic rings. The van der Waals surface area contributed by atoms with Gasteiger partial charge in [0.15, 0.2) is 0 Å². The van der Waals surface area contributed by atoms with E-state index in [4.69, 9.17) is 30.9 Å². The van der Waals surface area contributed by atoms with Crippen molar-refractivity contribution in [3.8, 4) is 0 Å². The number of ether oxygens (including phenoxy) is 3. The van der Waals surface area contributed by atoms with Crippen LogP contribution < -0.4 is 5.32 Å². The van der Waals surface area contributed by atoms with Crippen LogP contribution in [0.2, 0.25) is 5.02 Å². The summed E-state index contributed by atoms with van der Waals surface area (Å²) in [6, 6.07) is 4.04. The van der Waals surface area contributed by atoms with E-state index in [2.05, 4.69) is 5.32 Å². The van der Waals surface area contributed by atoms with Gasteiger partial charge in [0, 0.05) is 6.07 Å². The molecule has 1 heterocycles. The average molecular weight is 427 g/mol. The Morgan fingerprint density at radius 3 is 2.31 bits per heavy atom. The molecule has 0 aliphatic carbocycles. The molecule has 0 fully saturated rings. The molecule has 1 aliphatic heterocycles. The van der Waals surface area contributed by atoms with Crippen LogP contribution in [0.4, 0.5) is 15.3 Å². The van der Waals surface area contributed by atoms with Gasteiger partial charge in [-0.05, 0) is 33.3 Å². The smallest absolute Gasteiger partial charge is 0.449 e. The first kappa shape index (κ1) is 22.0. The Hall–Kier alpha value is -3.27. The Labute approximate surface area is 170 Å². The number of nitrogens with zero attached hydrogens (tertiary/aromatic N) is 1. The van der Waals surface area contributed by atoms with Crippen LogP contribution in [0.25, 0.3) is 0 Å². The molecular formula is C18H19ClN2O8. The van der Waals surface area contributed by atoms with Crippen LogP contribution in [0.15, 0.2) is 41.1 Å². The van der Waals surface area contributed by atoms with Crippen LogP contribution in [0, 0.1) is 10.1 Å². The lowest BCUT2D eigenvalue weighted by Gasteiger charge is -2.30. The molecule has 11 heteroatoms. The number of rotatable bonds is 5. The van der Waals surface area contributed by atoms with E-state index in [1.165, 1.54) is 18.2 Å². The first-order valence-electron chi connectivity index (χ1n) is 8.43. The first-order chi connectivity index (χ1) is 13.5. The molecule has 1 atom stereocenters. The van der Waals surface area contributed by atoms with Crippen molar-refractivity contribution >= 4 is 29.6 Å². The number of benzene rings is 1. The number of hydrogen-bond acceptors (Lipinski definition) is 8. The fraction of sp³-hybridized carbons (Fsp3) is 0.333. The summed E-state index contributed by atoms with van der Waals surface area (Å²) in [5, 5.41) is 23.0. The van der Waals surface area contributed by atoms with Gasteiger partial charge in [-0.3, -0.25) is 10.1 Å². The number of carbonyl (C=O) groups excluding carboxylic acids is 1. The van der Waals surface area contributed by atoms with Crippen molar-refractivity contribution in [2.45, 2.75) is 39.7 Å². The Morgan fingerprint density at radius 1 is 1.21 bits per heavy atom. The van der Waals surface area contributed by atoms with Crippen LogP contribution in [-0.2, 0) is 14.2 Å². The van der Waals surface area contributed by atoms with Gasteiger partial charge in [-0.2, -0.15) is 0 Å². The topological polar surface area (TPSA) is 137 Å². The van der Waals surface area contributed by atoms with Gasteiger partial charge in [-0.25, -0.2) is 9.59 Å². The zero-order valence-electron chi connectivity index (χ0n) is 16.0. The van der Waals surface area contributed by atoms with Gasteiger partial charge in [-0.15, -0.1) is 0 Å². The number of allylic oxidation sites excluding steroid dienone is 2. The van der Waals surface area contributed by atoms with Crippen molar-refractivity contribution in [1.29, 1.82) is 0 Å². The van der Waals surface area contributed by atoms with Gasteiger partial charge in [0.2, 0.25) is 0 Å². The summed E-state index contributed by atoms with van der Waals surface area (Å²) in [6.45, 7) is 6.37. The summed E-state index contributed by atoms with van der Waals surface area (Å²) in [4.78, 5) is 33.9. The molecule has 0 spiro atoms. The molecule has 0 amide bonds. The average Bonchev–Trinajstić information content (AvgIpc) is 2.58. The molecule has 156 valence electrons. The molecule has 1 aromatic rings. The monoisotopic (exact) mass is 426 g/mol. The third-order valence-corrected chi connectivity index (χ3v) is 4.29. The summed E-state index contributed by atoms with van der Waals surface area (Å²) >= 11 is 6.24. The summed E-state index contributed by atoms with van der Waals surface area (Å²) in [7, 11) is 0. The molecule has 0 bridgehead atoms. The molecular weight excluding hydrogens is 408 g/mol. The highest BCUT2D eigenvalue weighted by Crippen LogP contribution is 2.44. The van der Waals surface area contributed by atoms with E-state index in [9.17, 15) is 19.7 Å². The quantitative estimate of drug-likeness (QED) is 0.391. The number of carboxylic acid groups (broad SMARTS) is 1. The summed E-state index contributed by atoms with van der Waals surface area (Å²) in [5.74, 6) is -1.34. The minimum atomic E-state index is -1.61. The lowest BCUT2D eigenvalue weighted by Crippen LogP contribution is -2.29. The van der Waals surface area contributed by atoms with Crippen molar-refractivity contribution in [2.75, 3.05) is 0 Å². The maximum absolute atomic E-state index is 12.1. The largest absolute Gasteiger partial charge is 0.513 e. The molecule has 10 nitrogen and oxygen atoms in total. The second kappa shape index (κ2) is 8.82. The van der Waals surface area contributed by atoms with Crippen LogP contribution in [0.3, 0.4) is 0 Å². The maximum Gasteiger partial charge on any atom is 0.513 e. The van der Waals surface area contributed by atoms with E-state index in [1.54, 1.807) is 27.7 Å². The Kier molecular flexibility index (Phi) is 6.70. The molecule has 1 unspecified atom stereocenters. The second-order valence-electron chi connectivity index (χ2n) is 6.36. The van der Waals surface area contributed by atoms with E-state index in [0.29, 0.717) is 11.4 Å². The van der Waals surface area contributed by atoms with Crippen LogP contribution >= 0.6 is 11.6 Å². The molecule has 0 aromatic heterocycles. The van der Waals surface area contributed by atoms with Gasteiger partial charge >= 0.3 is 12.3 Å².